The average Bonchev–Trinajstić information content (AvgIpc) is 3.63. The first kappa shape index (κ1) is 29.6. The molecule has 1 atom stereocenters. The average molecular weight is 511 g/mol. The second kappa shape index (κ2) is 12.7. The second-order valence-corrected chi connectivity index (χ2v) is 12.4. The topological polar surface area (TPSA) is 31.6 Å². The minimum atomic E-state index is 0.170. The van der Waals surface area contributed by atoms with Crippen LogP contribution in [0.1, 0.15) is 110 Å². The lowest BCUT2D eigenvalue weighted by Crippen LogP contribution is -2.14. The van der Waals surface area contributed by atoms with Gasteiger partial charge in [-0.2, -0.15) is 0 Å². The minimum absolute atomic E-state index is 0.170. The molecule has 2 heteroatoms. The Kier molecular flexibility index (Phi) is 9.88. The molecule has 2 aromatic heterocycles. The molecule has 1 aromatic carbocycles. The summed E-state index contributed by atoms with van der Waals surface area (Å²) in [5.74, 6) is 0.559. The van der Waals surface area contributed by atoms with Crippen molar-refractivity contribution in [3.05, 3.63) is 107 Å². The van der Waals surface area contributed by atoms with Crippen LogP contribution in [0.4, 0.5) is 0 Å². The normalized spacial score (nSPS) is 18.4. The van der Waals surface area contributed by atoms with Crippen molar-refractivity contribution in [1.29, 1.82) is 0 Å². The standard InChI is InChI=1S/C20H25N.C16H25N/c1-19(2,3)17-12-18(21-14-17)15-10-11-20(4,13-15)16-8-6-5-7-9-16;1-6-8-14-10-11-16(17-14)13(5)15(9-7-2)12(3)4/h5-9,12-14,21H,10-11H2,1-4H3;7,9-12,17H,6,8H2,1-5H3/b;9-7-,15-13-/t20-;/m1./s1. The zero-order chi connectivity index (χ0) is 27.9. The third kappa shape index (κ3) is 7.31. The van der Waals surface area contributed by atoms with E-state index in [1.54, 1.807) is 0 Å². The molecule has 38 heavy (non-hydrogen) atoms. The van der Waals surface area contributed by atoms with Gasteiger partial charge in [0.15, 0.2) is 0 Å². The Labute approximate surface area is 232 Å². The van der Waals surface area contributed by atoms with Crippen LogP contribution >= 0.6 is 0 Å². The smallest absolute Gasteiger partial charge is 0.0415 e. The fraction of sp³-hybridized carbons (Fsp3) is 0.444. The zero-order valence-corrected chi connectivity index (χ0v) is 25.3. The van der Waals surface area contributed by atoms with E-state index in [-0.39, 0.29) is 10.8 Å². The summed E-state index contributed by atoms with van der Waals surface area (Å²) in [6, 6.07) is 17.6. The third-order valence-electron chi connectivity index (χ3n) is 7.81. The van der Waals surface area contributed by atoms with Gasteiger partial charge < -0.3 is 9.97 Å². The van der Waals surface area contributed by atoms with E-state index in [4.69, 9.17) is 0 Å². The Morgan fingerprint density at radius 2 is 1.79 bits per heavy atom. The van der Waals surface area contributed by atoms with Gasteiger partial charge in [-0.3, -0.25) is 0 Å². The van der Waals surface area contributed by atoms with E-state index >= 15 is 0 Å². The van der Waals surface area contributed by atoms with E-state index in [0.29, 0.717) is 5.92 Å². The van der Waals surface area contributed by atoms with Crippen LogP contribution in [0.25, 0.3) is 11.1 Å². The molecule has 2 N–H and O–H groups in total. The van der Waals surface area contributed by atoms with E-state index in [1.165, 1.54) is 57.8 Å². The first-order valence-corrected chi connectivity index (χ1v) is 14.5. The van der Waals surface area contributed by atoms with Crippen molar-refractivity contribution in [2.45, 2.75) is 98.8 Å². The maximum Gasteiger partial charge on any atom is 0.0415 e. The van der Waals surface area contributed by atoms with Crippen LogP contribution in [-0.2, 0) is 17.3 Å². The summed E-state index contributed by atoms with van der Waals surface area (Å²) in [5.41, 5.74) is 11.3. The van der Waals surface area contributed by atoms with Crippen molar-refractivity contribution in [2.24, 2.45) is 5.92 Å². The number of nitrogens with one attached hydrogen (secondary N) is 2. The summed E-state index contributed by atoms with van der Waals surface area (Å²) < 4.78 is 0. The molecule has 1 aliphatic carbocycles. The lowest BCUT2D eigenvalue weighted by atomic mass is 9.82. The summed E-state index contributed by atoms with van der Waals surface area (Å²) in [5, 5.41) is 0. The quantitative estimate of drug-likeness (QED) is 0.296. The maximum absolute atomic E-state index is 3.52. The predicted molar refractivity (Wildman–Crippen MR) is 168 cm³/mol. The van der Waals surface area contributed by atoms with Crippen molar-refractivity contribution < 1.29 is 0 Å². The molecule has 1 aliphatic rings. The summed E-state index contributed by atoms with van der Waals surface area (Å²) in [7, 11) is 0. The van der Waals surface area contributed by atoms with Gasteiger partial charge in [-0.25, -0.2) is 0 Å². The van der Waals surface area contributed by atoms with E-state index in [9.17, 15) is 0 Å². The van der Waals surface area contributed by atoms with Crippen LogP contribution < -0.4 is 0 Å². The highest BCUT2D eigenvalue weighted by Crippen LogP contribution is 2.42. The van der Waals surface area contributed by atoms with E-state index < -0.39 is 0 Å². The van der Waals surface area contributed by atoms with Gasteiger partial charge in [0, 0.05) is 28.7 Å². The van der Waals surface area contributed by atoms with Crippen molar-refractivity contribution >= 4 is 11.1 Å². The van der Waals surface area contributed by atoms with Crippen LogP contribution in [0.5, 0.6) is 0 Å². The molecule has 0 aliphatic heterocycles. The molecule has 0 saturated carbocycles. The molecular weight excluding hydrogens is 460 g/mol. The molecule has 0 spiro atoms. The van der Waals surface area contributed by atoms with E-state index in [2.05, 4.69) is 145 Å². The monoisotopic (exact) mass is 510 g/mol. The summed E-state index contributed by atoms with van der Waals surface area (Å²) >= 11 is 0. The molecule has 3 aromatic rings. The van der Waals surface area contributed by atoms with Crippen molar-refractivity contribution in [2.75, 3.05) is 0 Å². The lowest BCUT2D eigenvalue weighted by Gasteiger charge is -2.21. The van der Waals surface area contributed by atoms with Gasteiger partial charge in [-0.05, 0) is 90.5 Å². The van der Waals surface area contributed by atoms with Gasteiger partial charge in [0.25, 0.3) is 0 Å². The van der Waals surface area contributed by atoms with E-state index in [1.807, 2.05) is 0 Å². The predicted octanol–water partition coefficient (Wildman–Crippen LogP) is 10.4. The zero-order valence-electron chi connectivity index (χ0n) is 25.3. The molecule has 4 rings (SSSR count). The summed E-state index contributed by atoms with van der Waals surface area (Å²) in [6.07, 6.45) is 13.6. The molecule has 0 fully saturated rings. The number of aromatic amines is 2. The molecule has 2 heterocycles. The number of rotatable bonds is 7. The Bertz CT molecular complexity index is 1250. The molecular formula is C36H50N2. The van der Waals surface area contributed by atoms with Crippen LogP contribution in [0.3, 0.4) is 0 Å². The lowest BCUT2D eigenvalue weighted by molar-refractivity contribution is 0.580. The first-order valence-electron chi connectivity index (χ1n) is 14.5. The highest BCUT2D eigenvalue weighted by molar-refractivity contribution is 5.69. The van der Waals surface area contributed by atoms with Gasteiger partial charge in [0.2, 0.25) is 0 Å². The largest absolute Gasteiger partial charge is 0.361 e. The minimum Gasteiger partial charge on any atom is -0.361 e. The molecule has 0 saturated heterocycles. The SMILES string of the molecule is C/C=C\C(=C(/C)c1ccc(CCC)[nH]1)C(C)C.CC(C)(C)c1c[nH]c(C2=C[C@](C)(c3ccccc3)CC2)c1. The molecule has 0 amide bonds. The van der Waals surface area contributed by atoms with Crippen molar-refractivity contribution in [3.63, 3.8) is 0 Å². The highest BCUT2D eigenvalue weighted by Gasteiger charge is 2.31. The summed E-state index contributed by atoms with van der Waals surface area (Å²) in [6.45, 7) is 20.1. The maximum atomic E-state index is 3.52. The second-order valence-electron chi connectivity index (χ2n) is 12.4. The number of allylic oxidation sites excluding steroid dienone is 6. The van der Waals surface area contributed by atoms with E-state index in [0.717, 1.165) is 12.8 Å². The van der Waals surface area contributed by atoms with Crippen LogP contribution in [-0.4, -0.2) is 9.97 Å². The molecule has 204 valence electrons. The van der Waals surface area contributed by atoms with Crippen LogP contribution in [0.15, 0.2) is 78.5 Å². The molecule has 2 nitrogen and oxygen atoms in total. The van der Waals surface area contributed by atoms with Gasteiger partial charge in [0.1, 0.15) is 0 Å². The number of hydrogen-bond donors (Lipinski definition) is 2. The van der Waals surface area contributed by atoms with Crippen molar-refractivity contribution in [3.8, 4) is 0 Å². The Balaban J connectivity index is 0.000000216. The van der Waals surface area contributed by atoms with Gasteiger partial charge >= 0.3 is 0 Å². The Morgan fingerprint density at radius 3 is 2.37 bits per heavy atom. The molecule has 0 radical (unpaired) electrons. The van der Waals surface area contributed by atoms with Gasteiger partial charge in [-0.1, -0.05) is 103 Å². The van der Waals surface area contributed by atoms with Gasteiger partial charge in [-0.15, -0.1) is 0 Å². The fourth-order valence-electron chi connectivity index (χ4n) is 5.35. The molecule has 0 bridgehead atoms. The highest BCUT2D eigenvalue weighted by atomic mass is 14.7. The number of H-pyrrole nitrogens is 2. The number of aryl methyl sites for hydroxylation is 1. The summed E-state index contributed by atoms with van der Waals surface area (Å²) in [4.78, 5) is 6.99. The number of hydrogen-bond acceptors (Lipinski definition) is 0. The van der Waals surface area contributed by atoms with Crippen LogP contribution in [0, 0.1) is 5.92 Å². The fourth-order valence-corrected chi connectivity index (χ4v) is 5.35. The first-order chi connectivity index (χ1) is 18.0. The third-order valence-corrected chi connectivity index (χ3v) is 7.81. The number of aromatic nitrogens is 2. The van der Waals surface area contributed by atoms with Gasteiger partial charge in [0.05, 0.1) is 0 Å². The number of benzene rings is 1. The Hall–Kier alpha value is -3.00. The Morgan fingerprint density at radius 1 is 1.08 bits per heavy atom. The van der Waals surface area contributed by atoms with Crippen LogP contribution in [0.2, 0.25) is 0 Å². The van der Waals surface area contributed by atoms with Crippen molar-refractivity contribution in [1.82, 2.24) is 9.97 Å². The molecule has 0 unspecified atom stereocenters.